The number of benzene rings is 3. The number of hydrogen-bond acceptors (Lipinski definition) is 5. The first-order valence-electron chi connectivity index (χ1n) is 10.6. The molecule has 7 nitrogen and oxygen atoms in total. The van der Waals surface area contributed by atoms with Crippen LogP contribution < -0.4 is 14.9 Å². The van der Waals surface area contributed by atoms with Gasteiger partial charge in [0.2, 0.25) is 15.9 Å². The molecule has 3 aromatic carbocycles. The van der Waals surface area contributed by atoms with Gasteiger partial charge in [-0.1, -0.05) is 69.9 Å². The van der Waals surface area contributed by atoms with E-state index in [1.807, 2.05) is 13.0 Å². The highest BCUT2D eigenvalue weighted by Gasteiger charge is 2.23. The molecule has 0 saturated carbocycles. The number of amides is 1. The van der Waals surface area contributed by atoms with Gasteiger partial charge in [0.1, 0.15) is 12.4 Å². The second-order valence-corrected chi connectivity index (χ2v) is 10.2. The Hall–Kier alpha value is -3.45. The van der Waals surface area contributed by atoms with Crippen molar-refractivity contribution in [1.82, 2.24) is 10.1 Å². The van der Waals surface area contributed by atoms with Crippen molar-refractivity contribution in [3.8, 4) is 18.1 Å². The van der Waals surface area contributed by atoms with Crippen molar-refractivity contribution >= 4 is 38.1 Å². The topological polar surface area (TPSA) is 96.9 Å². The fourth-order valence-electron chi connectivity index (χ4n) is 3.16. The highest BCUT2D eigenvalue weighted by atomic mass is 79.9. The van der Waals surface area contributed by atoms with Crippen molar-refractivity contribution in [1.29, 1.82) is 0 Å². The monoisotopic (exact) mass is 553 g/mol. The van der Waals surface area contributed by atoms with E-state index in [0.717, 1.165) is 10.0 Å². The maximum atomic E-state index is 13.0. The van der Waals surface area contributed by atoms with E-state index in [9.17, 15) is 13.2 Å². The molecule has 0 radical (unpaired) electrons. The summed E-state index contributed by atoms with van der Waals surface area (Å²) in [4.78, 5) is 12.8. The van der Waals surface area contributed by atoms with Crippen molar-refractivity contribution in [2.45, 2.75) is 24.3 Å². The number of aryl methyl sites for hydroxylation is 1. The molecule has 0 aromatic heterocycles. The summed E-state index contributed by atoms with van der Waals surface area (Å²) in [6, 6.07) is 19.9. The lowest BCUT2D eigenvalue weighted by Crippen LogP contribution is -2.32. The number of hydrazone groups is 1. The molecule has 3 rings (SSSR count). The highest BCUT2D eigenvalue weighted by molar-refractivity contribution is 9.10. The molecule has 35 heavy (non-hydrogen) atoms. The molecule has 0 heterocycles. The first-order valence-corrected chi connectivity index (χ1v) is 12.9. The van der Waals surface area contributed by atoms with E-state index in [1.54, 1.807) is 54.6 Å². The molecular formula is C26H24BrN3O4S. The second kappa shape index (κ2) is 12.3. The van der Waals surface area contributed by atoms with Crippen LogP contribution in [0.15, 0.2) is 87.3 Å². The molecule has 9 heteroatoms. The van der Waals surface area contributed by atoms with Crippen molar-refractivity contribution in [3.63, 3.8) is 0 Å². The fourth-order valence-corrected chi connectivity index (χ4v) is 4.76. The molecule has 0 spiro atoms. The lowest BCUT2D eigenvalue weighted by atomic mass is 10.0. The van der Waals surface area contributed by atoms with Gasteiger partial charge in [-0.2, -0.15) is 5.10 Å². The maximum Gasteiger partial charge on any atom is 0.242 e. The van der Waals surface area contributed by atoms with Gasteiger partial charge in [0.15, 0.2) is 0 Å². The Labute approximate surface area is 213 Å². The van der Waals surface area contributed by atoms with Crippen molar-refractivity contribution in [3.05, 3.63) is 94.0 Å². The summed E-state index contributed by atoms with van der Waals surface area (Å²) in [5, 5.41) is 4.01. The number of carbonyl (C=O) groups excluding carboxylic acids is 1. The van der Waals surface area contributed by atoms with E-state index in [4.69, 9.17) is 11.2 Å². The Bertz CT molecular complexity index is 1340. The molecular weight excluding hydrogens is 530 g/mol. The summed E-state index contributed by atoms with van der Waals surface area (Å²) in [6.07, 6.45) is 6.53. The molecule has 2 N–H and O–H groups in total. The average Bonchev–Trinajstić information content (AvgIpc) is 2.84. The molecule has 0 aliphatic heterocycles. The molecule has 3 aromatic rings. The number of nitrogens with one attached hydrogen (secondary N) is 2. The molecule has 1 unspecified atom stereocenters. The number of ether oxygens (including phenoxy) is 1. The fraction of sp³-hybridized carbons (Fsp3) is 0.154. The smallest absolute Gasteiger partial charge is 0.242 e. The number of terminal acetylenes is 1. The van der Waals surface area contributed by atoms with Crippen LogP contribution in [0.3, 0.4) is 0 Å². The highest BCUT2D eigenvalue weighted by Crippen LogP contribution is 2.22. The van der Waals surface area contributed by atoms with Crippen LogP contribution in [0.25, 0.3) is 0 Å². The zero-order valence-corrected chi connectivity index (χ0v) is 21.3. The molecule has 0 saturated heterocycles. The standard InChI is InChI=1S/C26H24BrN3O4S/c1-3-15-34-25-14-11-22(27)16-21(25)18-28-29-26(31)17-24(20-7-5-4-6-8-20)30-35(32,33)23-12-9-19(2)10-13-23/h1,4-14,16,18,24,30H,15,17H2,2H3,(H,29,31). The summed E-state index contributed by atoms with van der Waals surface area (Å²) in [5.41, 5.74) is 4.65. The van der Waals surface area contributed by atoms with Crippen molar-refractivity contribution in [2.24, 2.45) is 5.10 Å². The van der Waals surface area contributed by atoms with Crippen LogP contribution in [-0.2, 0) is 14.8 Å². The van der Waals surface area contributed by atoms with E-state index in [1.165, 1.54) is 18.3 Å². The minimum absolute atomic E-state index is 0.0920. The predicted octanol–water partition coefficient (Wildman–Crippen LogP) is 4.33. The molecule has 0 fully saturated rings. The number of nitrogens with zero attached hydrogens (tertiary/aromatic N) is 1. The van der Waals surface area contributed by atoms with Gasteiger partial charge in [0.25, 0.3) is 0 Å². The number of halogens is 1. The molecule has 1 amide bonds. The van der Waals surface area contributed by atoms with Gasteiger partial charge >= 0.3 is 0 Å². The van der Waals surface area contributed by atoms with E-state index in [0.29, 0.717) is 16.9 Å². The summed E-state index contributed by atoms with van der Waals surface area (Å²) < 4.78 is 34.8. The minimum Gasteiger partial charge on any atom is -0.480 e. The van der Waals surface area contributed by atoms with Gasteiger partial charge in [-0.15, -0.1) is 6.42 Å². The minimum atomic E-state index is -3.86. The normalized spacial score (nSPS) is 12.1. The van der Waals surface area contributed by atoms with E-state index in [2.05, 4.69) is 37.1 Å². The summed E-state index contributed by atoms with van der Waals surface area (Å²) >= 11 is 3.38. The van der Waals surface area contributed by atoms with Crippen LogP contribution in [0.4, 0.5) is 0 Å². The van der Waals surface area contributed by atoms with Gasteiger partial charge in [0.05, 0.1) is 17.2 Å². The largest absolute Gasteiger partial charge is 0.480 e. The van der Waals surface area contributed by atoms with Crippen LogP contribution in [0, 0.1) is 19.3 Å². The third-order valence-electron chi connectivity index (χ3n) is 4.90. The van der Waals surface area contributed by atoms with Gasteiger partial charge in [-0.25, -0.2) is 18.6 Å². The Morgan fingerprint density at radius 2 is 1.86 bits per heavy atom. The quantitative estimate of drug-likeness (QED) is 0.222. The van der Waals surface area contributed by atoms with E-state index < -0.39 is 22.0 Å². The molecule has 0 bridgehead atoms. The number of sulfonamides is 1. The Morgan fingerprint density at radius 1 is 1.14 bits per heavy atom. The van der Waals surface area contributed by atoms with Gasteiger partial charge < -0.3 is 4.74 Å². The van der Waals surface area contributed by atoms with Crippen molar-refractivity contribution < 1.29 is 17.9 Å². The van der Waals surface area contributed by atoms with Crippen LogP contribution in [0.1, 0.15) is 29.2 Å². The third kappa shape index (κ3) is 7.79. The number of hydrogen-bond donors (Lipinski definition) is 2. The first-order chi connectivity index (χ1) is 16.8. The van der Waals surface area contributed by atoms with Crippen molar-refractivity contribution in [2.75, 3.05) is 6.61 Å². The van der Waals surface area contributed by atoms with Gasteiger partial charge in [-0.3, -0.25) is 4.79 Å². The second-order valence-electron chi connectivity index (χ2n) is 7.57. The maximum absolute atomic E-state index is 13.0. The van der Waals surface area contributed by atoms with Crippen LogP contribution in [0.5, 0.6) is 5.75 Å². The zero-order chi connectivity index (χ0) is 25.3. The first kappa shape index (κ1) is 26.2. The summed E-state index contributed by atoms with van der Waals surface area (Å²) in [6.45, 7) is 1.97. The third-order valence-corrected chi connectivity index (χ3v) is 6.88. The predicted molar refractivity (Wildman–Crippen MR) is 140 cm³/mol. The van der Waals surface area contributed by atoms with Crippen LogP contribution >= 0.6 is 15.9 Å². The Kier molecular flexibility index (Phi) is 9.20. The summed E-state index contributed by atoms with van der Waals surface area (Å²) in [7, 11) is -3.86. The molecule has 180 valence electrons. The SMILES string of the molecule is C#CCOc1ccc(Br)cc1C=NNC(=O)CC(NS(=O)(=O)c1ccc(C)cc1)c1ccccc1. The number of carbonyl (C=O) groups is 1. The Balaban J connectivity index is 1.74. The van der Waals surface area contributed by atoms with Crippen LogP contribution in [0.2, 0.25) is 0 Å². The van der Waals surface area contributed by atoms with Crippen LogP contribution in [-0.4, -0.2) is 27.1 Å². The average molecular weight is 554 g/mol. The van der Waals surface area contributed by atoms with Gasteiger partial charge in [-0.05, 0) is 42.8 Å². The van der Waals surface area contributed by atoms with E-state index in [-0.39, 0.29) is 17.9 Å². The lowest BCUT2D eigenvalue weighted by molar-refractivity contribution is -0.121. The number of rotatable bonds is 10. The molecule has 0 aliphatic carbocycles. The van der Waals surface area contributed by atoms with E-state index >= 15 is 0 Å². The summed E-state index contributed by atoms with van der Waals surface area (Å²) in [5.74, 6) is 2.44. The Morgan fingerprint density at radius 3 is 2.54 bits per heavy atom. The zero-order valence-electron chi connectivity index (χ0n) is 18.9. The van der Waals surface area contributed by atoms with Gasteiger partial charge in [0, 0.05) is 16.5 Å². The molecule has 0 aliphatic rings. The lowest BCUT2D eigenvalue weighted by Gasteiger charge is -2.18. The molecule has 1 atom stereocenters.